The van der Waals surface area contributed by atoms with Gasteiger partial charge in [0.2, 0.25) is 5.95 Å². The molecule has 5 nitrogen and oxygen atoms in total. The average Bonchev–Trinajstić information content (AvgIpc) is 2.38. The molecule has 6 heteroatoms. The van der Waals surface area contributed by atoms with Crippen LogP contribution in [0.2, 0.25) is 0 Å². The Bertz CT molecular complexity index is 615. The Morgan fingerprint density at radius 1 is 1.32 bits per heavy atom. The summed E-state index contributed by atoms with van der Waals surface area (Å²) in [5.41, 5.74) is 7.76. The molecule has 0 bridgehead atoms. The Hall–Kier alpha value is -2.21. The minimum atomic E-state index is 0.249. The van der Waals surface area contributed by atoms with E-state index in [-0.39, 0.29) is 4.99 Å². The number of aryl methyl sites for hydroxylation is 1. The normalized spacial score (nSPS) is 10.0. The zero-order valence-electron chi connectivity index (χ0n) is 10.7. The topological polar surface area (TPSA) is 73.1 Å². The van der Waals surface area contributed by atoms with Crippen molar-refractivity contribution in [3.63, 3.8) is 0 Å². The quantitative estimate of drug-likeness (QED) is 0.832. The monoisotopic (exact) mass is 274 g/mol. The van der Waals surface area contributed by atoms with Crippen LogP contribution in [0.25, 0.3) is 0 Å². The molecule has 2 rings (SSSR count). The van der Waals surface area contributed by atoms with Crippen LogP contribution in [0, 0.1) is 6.92 Å². The molecule has 0 spiro atoms. The van der Waals surface area contributed by atoms with Crippen molar-refractivity contribution < 1.29 is 4.74 Å². The summed E-state index contributed by atoms with van der Waals surface area (Å²) in [4.78, 5) is 8.79. The maximum Gasteiger partial charge on any atom is 0.228 e. The average molecular weight is 274 g/mol. The maximum atomic E-state index is 5.58. The highest BCUT2D eigenvalue weighted by atomic mass is 32.1. The molecule has 98 valence electrons. The van der Waals surface area contributed by atoms with E-state index in [1.54, 1.807) is 13.2 Å². The molecule has 0 radical (unpaired) electrons. The highest BCUT2D eigenvalue weighted by Crippen LogP contribution is 2.19. The number of benzene rings is 1. The van der Waals surface area contributed by atoms with Crippen molar-refractivity contribution in [3.8, 4) is 5.75 Å². The van der Waals surface area contributed by atoms with E-state index in [4.69, 9.17) is 22.7 Å². The Balaban J connectivity index is 2.29. The van der Waals surface area contributed by atoms with Gasteiger partial charge in [0.25, 0.3) is 0 Å². The maximum absolute atomic E-state index is 5.58. The van der Waals surface area contributed by atoms with Crippen molar-refractivity contribution in [1.29, 1.82) is 0 Å². The Labute approximate surface area is 116 Å². The van der Waals surface area contributed by atoms with Crippen molar-refractivity contribution in [1.82, 2.24) is 9.97 Å². The van der Waals surface area contributed by atoms with E-state index >= 15 is 0 Å². The fourth-order valence-corrected chi connectivity index (χ4v) is 1.69. The summed E-state index contributed by atoms with van der Waals surface area (Å²) in [7, 11) is 1.62. The first-order chi connectivity index (χ1) is 9.08. The number of nitrogens with one attached hydrogen (secondary N) is 1. The van der Waals surface area contributed by atoms with E-state index in [1.165, 1.54) is 0 Å². The van der Waals surface area contributed by atoms with Crippen LogP contribution in [-0.2, 0) is 0 Å². The van der Waals surface area contributed by atoms with Crippen molar-refractivity contribution in [2.75, 3.05) is 12.4 Å². The summed E-state index contributed by atoms with van der Waals surface area (Å²) in [6.45, 7) is 1.86. The SMILES string of the molecule is COc1cccc(Nc2nc(C)cc(C(N)=S)n2)c1. The minimum absolute atomic E-state index is 0.249. The van der Waals surface area contributed by atoms with Crippen LogP contribution in [0.1, 0.15) is 11.4 Å². The molecule has 3 N–H and O–H groups in total. The number of aromatic nitrogens is 2. The van der Waals surface area contributed by atoms with Gasteiger partial charge in [-0.2, -0.15) is 0 Å². The Kier molecular flexibility index (Phi) is 3.91. The lowest BCUT2D eigenvalue weighted by Gasteiger charge is -2.08. The molecule has 19 heavy (non-hydrogen) atoms. The molecule has 1 aromatic heterocycles. The third kappa shape index (κ3) is 3.38. The van der Waals surface area contributed by atoms with E-state index in [2.05, 4.69) is 15.3 Å². The summed E-state index contributed by atoms with van der Waals surface area (Å²) in [6, 6.07) is 9.24. The van der Waals surface area contributed by atoms with E-state index in [0.29, 0.717) is 11.6 Å². The first-order valence-electron chi connectivity index (χ1n) is 5.65. The highest BCUT2D eigenvalue weighted by molar-refractivity contribution is 7.80. The zero-order chi connectivity index (χ0) is 13.8. The minimum Gasteiger partial charge on any atom is -0.497 e. The van der Waals surface area contributed by atoms with Gasteiger partial charge < -0.3 is 15.8 Å². The number of rotatable bonds is 4. The van der Waals surface area contributed by atoms with Gasteiger partial charge in [-0.05, 0) is 25.1 Å². The molecule has 0 aliphatic carbocycles. The van der Waals surface area contributed by atoms with E-state index in [1.807, 2.05) is 31.2 Å². The first kappa shape index (κ1) is 13.2. The number of hydrogen-bond donors (Lipinski definition) is 2. The van der Waals surface area contributed by atoms with Crippen LogP contribution in [0.4, 0.5) is 11.6 Å². The number of anilines is 2. The van der Waals surface area contributed by atoms with Crippen LogP contribution in [0.5, 0.6) is 5.75 Å². The van der Waals surface area contributed by atoms with Gasteiger partial charge in [-0.3, -0.25) is 0 Å². The summed E-state index contributed by atoms with van der Waals surface area (Å²) < 4.78 is 5.16. The van der Waals surface area contributed by atoms with Gasteiger partial charge >= 0.3 is 0 Å². The standard InChI is InChI=1S/C13H14N4OS/c1-8-6-11(12(14)19)17-13(15-8)16-9-4-3-5-10(7-9)18-2/h3-7H,1-2H3,(H2,14,19)(H,15,16,17). The third-order valence-electron chi connectivity index (χ3n) is 2.43. The van der Waals surface area contributed by atoms with Gasteiger partial charge in [0.15, 0.2) is 0 Å². The molecule has 1 aromatic carbocycles. The molecule has 0 saturated carbocycles. The van der Waals surface area contributed by atoms with E-state index < -0.39 is 0 Å². The van der Waals surface area contributed by atoms with Crippen molar-refractivity contribution in [2.45, 2.75) is 6.92 Å². The molecule has 1 heterocycles. The molecule has 2 aromatic rings. The molecule has 0 fully saturated rings. The number of nitrogens with two attached hydrogens (primary N) is 1. The first-order valence-corrected chi connectivity index (χ1v) is 6.06. The number of nitrogens with zero attached hydrogens (tertiary/aromatic N) is 2. The molecule has 0 aliphatic heterocycles. The second kappa shape index (κ2) is 5.62. The number of hydrogen-bond acceptors (Lipinski definition) is 5. The van der Waals surface area contributed by atoms with Crippen molar-refractivity contribution >= 4 is 28.8 Å². The zero-order valence-corrected chi connectivity index (χ0v) is 11.5. The Morgan fingerprint density at radius 2 is 2.11 bits per heavy atom. The molecule has 0 aliphatic rings. The predicted molar refractivity (Wildman–Crippen MR) is 78.9 cm³/mol. The predicted octanol–water partition coefficient (Wildman–Crippen LogP) is 2.17. The number of thiocarbonyl (C=S) groups is 1. The second-order valence-corrected chi connectivity index (χ2v) is 4.38. The van der Waals surface area contributed by atoms with Crippen LogP contribution < -0.4 is 15.8 Å². The highest BCUT2D eigenvalue weighted by Gasteiger charge is 2.05. The van der Waals surface area contributed by atoms with Gasteiger partial charge in [-0.1, -0.05) is 18.3 Å². The number of ether oxygens (including phenoxy) is 1. The smallest absolute Gasteiger partial charge is 0.228 e. The lowest BCUT2D eigenvalue weighted by molar-refractivity contribution is 0.415. The largest absolute Gasteiger partial charge is 0.497 e. The van der Waals surface area contributed by atoms with Crippen LogP contribution >= 0.6 is 12.2 Å². The van der Waals surface area contributed by atoms with Crippen LogP contribution in [0.3, 0.4) is 0 Å². The molecule has 0 saturated heterocycles. The summed E-state index contributed by atoms with van der Waals surface area (Å²) >= 11 is 4.93. The van der Waals surface area contributed by atoms with E-state index in [9.17, 15) is 0 Å². The molecular weight excluding hydrogens is 260 g/mol. The van der Waals surface area contributed by atoms with Gasteiger partial charge in [0.1, 0.15) is 16.4 Å². The van der Waals surface area contributed by atoms with Gasteiger partial charge in [-0.15, -0.1) is 0 Å². The lowest BCUT2D eigenvalue weighted by atomic mass is 10.3. The second-order valence-electron chi connectivity index (χ2n) is 3.94. The summed E-state index contributed by atoms with van der Waals surface area (Å²) in [5.74, 6) is 1.21. The summed E-state index contributed by atoms with van der Waals surface area (Å²) in [5, 5.41) is 3.10. The molecular formula is C13H14N4OS. The van der Waals surface area contributed by atoms with Crippen molar-refractivity contribution in [3.05, 3.63) is 41.7 Å². The van der Waals surface area contributed by atoms with Gasteiger partial charge in [-0.25, -0.2) is 9.97 Å². The fraction of sp³-hybridized carbons (Fsp3) is 0.154. The molecule has 0 unspecified atom stereocenters. The summed E-state index contributed by atoms with van der Waals surface area (Å²) in [6.07, 6.45) is 0. The fourth-order valence-electron chi connectivity index (χ4n) is 1.58. The molecule has 0 atom stereocenters. The van der Waals surface area contributed by atoms with Gasteiger partial charge in [0, 0.05) is 17.4 Å². The van der Waals surface area contributed by atoms with E-state index in [0.717, 1.165) is 17.1 Å². The Morgan fingerprint density at radius 3 is 2.79 bits per heavy atom. The molecule has 0 amide bonds. The third-order valence-corrected chi connectivity index (χ3v) is 2.64. The van der Waals surface area contributed by atoms with Gasteiger partial charge in [0.05, 0.1) is 7.11 Å². The lowest BCUT2D eigenvalue weighted by Crippen LogP contribution is -2.13. The van der Waals surface area contributed by atoms with Crippen LogP contribution in [-0.4, -0.2) is 22.1 Å². The van der Waals surface area contributed by atoms with Crippen LogP contribution in [0.15, 0.2) is 30.3 Å². The number of methoxy groups -OCH3 is 1. The van der Waals surface area contributed by atoms with Crippen molar-refractivity contribution in [2.24, 2.45) is 5.73 Å².